The fourth-order valence-electron chi connectivity index (χ4n) is 2.21. The first-order valence-corrected chi connectivity index (χ1v) is 7.42. The highest BCUT2D eigenvalue weighted by atomic mass is 79.9. The van der Waals surface area contributed by atoms with E-state index in [1.54, 1.807) is 0 Å². The third kappa shape index (κ3) is 2.53. The van der Waals surface area contributed by atoms with Crippen molar-refractivity contribution < 1.29 is 0 Å². The third-order valence-corrected chi connectivity index (χ3v) is 4.43. The lowest BCUT2D eigenvalue weighted by molar-refractivity contribution is 0.771. The van der Waals surface area contributed by atoms with E-state index in [2.05, 4.69) is 38.5 Å². The van der Waals surface area contributed by atoms with Crippen molar-refractivity contribution in [2.75, 3.05) is 5.32 Å². The van der Waals surface area contributed by atoms with E-state index < -0.39 is 0 Å². The minimum Gasteiger partial charge on any atom is -0.379 e. The molecule has 0 atom stereocenters. The van der Waals surface area contributed by atoms with Crippen LogP contribution in [0.2, 0.25) is 5.02 Å². The molecule has 0 aliphatic rings. The van der Waals surface area contributed by atoms with Gasteiger partial charge in [-0.25, -0.2) is 0 Å². The lowest BCUT2D eigenvalue weighted by Crippen LogP contribution is -2.01. The number of nitrogens with one attached hydrogen (secondary N) is 1. The summed E-state index contributed by atoms with van der Waals surface area (Å²) in [6.07, 6.45) is 0. The van der Waals surface area contributed by atoms with E-state index in [0.29, 0.717) is 11.6 Å². The summed E-state index contributed by atoms with van der Waals surface area (Å²) in [6, 6.07) is 14.0. The summed E-state index contributed by atoms with van der Waals surface area (Å²) in [4.78, 5) is 0. The van der Waals surface area contributed by atoms with Gasteiger partial charge in [0.1, 0.15) is 0 Å². The Balaban J connectivity index is 1.85. The van der Waals surface area contributed by atoms with Gasteiger partial charge >= 0.3 is 0 Å². The van der Waals surface area contributed by atoms with Gasteiger partial charge in [-0.05, 0) is 40.2 Å². The molecule has 3 rings (SSSR count). The molecule has 3 nitrogen and oxygen atoms in total. The summed E-state index contributed by atoms with van der Waals surface area (Å²) < 4.78 is 2.79. The number of benzene rings is 2. The van der Waals surface area contributed by atoms with Crippen LogP contribution in [0.1, 0.15) is 5.69 Å². The lowest BCUT2D eigenvalue weighted by Gasteiger charge is -2.06. The number of halogens is 2. The SMILES string of the molecule is Cn1nc(CNc2ccc(Cl)c(Br)c2)c2ccccc21. The zero-order valence-corrected chi connectivity index (χ0v) is 13.2. The molecule has 0 aliphatic heterocycles. The second-order valence-corrected chi connectivity index (χ2v) is 5.83. The van der Waals surface area contributed by atoms with Gasteiger partial charge in [-0.2, -0.15) is 5.10 Å². The van der Waals surface area contributed by atoms with Crippen LogP contribution in [-0.4, -0.2) is 9.78 Å². The molecule has 0 aliphatic carbocycles. The van der Waals surface area contributed by atoms with Gasteiger partial charge in [0.2, 0.25) is 0 Å². The van der Waals surface area contributed by atoms with E-state index in [1.165, 1.54) is 5.39 Å². The van der Waals surface area contributed by atoms with Crippen molar-refractivity contribution in [3.8, 4) is 0 Å². The van der Waals surface area contributed by atoms with Crippen molar-refractivity contribution in [2.24, 2.45) is 7.05 Å². The van der Waals surface area contributed by atoms with Gasteiger partial charge in [-0.1, -0.05) is 29.8 Å². The molecule has 0 fully saturated rings. The Kier molecular flexibility index (Phi) is 3.68. The summed E-state index contributed by atoms with van der Waals surface area (Å²) in [7, 11) is 1.96. The topological polar surface area (TPSA) is 29.9 Å². The first kappa shape index (κ1) is 13.5. The van der Waals surface area contributed by atoms with Crippen molar-refractivity contribution >= 4 is 44.1 Å². The fraction of sp³-hybridized carbons (Fsp3) is 0.133. The molecule has 0 radical (unpaired) electrons. The quantitative estimate of drug-likeness (QED) is 0.748. The number of anilines is 1. The first-order chi connectivity index (χ1) is 9.65. The maximum absolute atomic E-state index is 5.99. The molecule has 102 valence electrons. The van der Waals surface area contributed by atoms with Crippen molar-refractivity contribution in [1.29, 1.82) is 0 Å². The minimum atomic E-state index is 0.676. The number of aryl methyl sites for hydroxylation is 1. The van der Waals surface area contributed by atoms with E-state index in [-0.39, 0.29) is 0 Å². The van der Waals surface area contributed by atoms with Crippen LogP contribution in [0.15, 0.2) is 46.9 Å². The van der Waals surface area contributed by atoms with E-state index in [1.807, 2.05) is 42.1 Å². The highest BCUT2D eigenvalue weighted by Gasteiger charge is 2.07. The number of para-hydroxylation sites is 1. The van der Waals surface area contributed by atoms with Gasteiger partial charge in [-0.15, -0.1) is 0 Å². The Morgan fingerprint density at radius 1 is 1.25 bits per heavy atom. The van der Waals surface area contributed by atoms with E-state index in [0.717, 1.165) is 21.4 Å². The third-order valence-electron chi connectivity index (χ3n) is 3.21. The maximum Gasteiger partial charge on any atom is 0.0894 e. The van der Waals surface area contributed by atoms with Gasteiger partial charge in [0.05, 0.1) is 22.8 Å². The van der Waals surface area contributed by atoms with Gasteiger partial charge in [0.15, 0.2) is 0 Å². The largest absolute Gasteiger partial charge is 0.379 e. The molecule has 0 amide bonds. The molecular weight excluding hydrogens is 338 g/mol. The molecule has 0 spiro atoms. The van der Waals surface area contributed by atoms with E-state index in [4.69, 9.17) is 11.6 Å². The van der Waals surface area contributed by atoms with Crippen molar-refractivity contribution in [2.45, 2.75) is 6.54 Å². The Labute approximate surface area is 130 Å². The number of fused-ring (bicyclic) bond motifs is 1. The highest BCUT2D eigenvalue weighted by molar-refractivity contribution is 9.10. The normalized spacial score (nSPS) is 10.9. The predicted molar refractivity (Wildman–Crippen MR) is 87.2 cm³/mol. The van der Waals surface area contributed by atoms with Crippen LogP contribution in [0.3, 0.4) is 0 Å². The molecule has 5 heteroatoms. The summed E-state index contributed by atoms with van der Waals surface area (Å²) >= 11 is 9.41. The second kappa shape index (κ2) is 5.46. The molecule has 0 bridgehead atoms. The van der Waals surface area contributed by atoms with Gasteiger partial charge in [0.25, 0.3) is 0 Å². The molecule has 1 aromatic heterocycles. The molecular formula is C15H13BrClN3. The molecule has 0 saturated carbocycles. The summed E-state index contributed by atoms with van der Waals surface area (Å²) in [6.45, 7) is 0.676. The number of aromatic nitrogens is 2. The molecule has 1 heterocycles. The average molecular weight is 351 g/mol. The summed E-state index contributed by atoms with van der Waals surface area (Å²) in [5, 5.41) is 9.81. The number of nitrogens with zero attached hydrogens (tertiary/aromatic N) is 2. The van der Waals surface area contributed by atoms with Gasteiger partial charge in [-0.3, -0.25) is 4.68 Å². The van der Waals surface area contributed by atoms with Crippen molar-refractivity contribution in [3.63, 3.8) is 0 Å². The molecule has 3 aromatic rings. The van der Waals surface area contributed by atoms with Crippen molar-refractivity contribution in [3.05, 3.63) is 57.7 Å². The zero-order valence-electron chi connectivity index (χ0n) is 10.9. The number of hydrogen-bond donors (Lipinski definition) is 1. The summed E-state index contributed by atoms with van der Waals surface area (Å²) in [5.74, 6) is 0. The summed E-state index contributed by atoms with van der Waals surface area (Å²) in [5.41, 5.74) is 3.19. The van der Waals surface area contributed by atoms with Crippen LogP contribution in [-0.2, 0) is 13.6 Å². The van der Waals surface area contributed by atoms with Gasteiger partial charge < -0.3 is 5.32 Å². The van der Waals surface area contributed by atoms with Gasteiger partial charge in [0, 0.05) is 22.6 Å². The molecule has 1 N–H and O–H groups in total. The van der Waals surface area contributed by atoms with Crippen LogP contribution in [0, 0.1) is 0 Å². The van der Waals surface area contributed by atoms with Crippen LogP contribution in [0.4, 0.5) is 5.69 Å². The zero-order chi connectivity index (χ0) is 14.1. The lowest BCUT2D eigenvalue weighted by atomic mass is 10.2. The number of hydrogen-bond acceptors (Lipinski definition) is 2. The van der Waals surface area contributed by atoms with Crippen LogP contribution < -0.4 is 5.32 Å². The number of rotatable bonds is 3. The maximum atomic E-state index is 5.99. The fourth-order valence-corrected chi connectivity index (χ4v) is 2.71. The highest BCUT2D eigenvalue weighted by Crippen LogP contribution is 2.26. The van der Waals surface area contributed by atoms with Crippen molar-refractivity contribution in [1.82, 2.24) is 9.78 Å². The monoisotopic (exact) mass is 349 g/mol. The Bertz CT molecular complexity index is 767. The predicted octanol–water partition coefficient (Wildman–Crippen LogP) is 4.60. The molecule has 2 aromatic carbocycles. The first-order valence-electron chi connectivity index (χ1n) is 6.24. The Morgan fingerprint density at radius 3 is 2.85 bits per heavy atom. The Hall–Kier alpha value is -1.52. The standard InChI is InChI=1S/C15H13BrClN3/c1-20-15-5-3-2-4-11(15)14(19-20)9-18-10-6-7-13(17)12(16)8-10/h2-8,18H,9H2,1H3. The average Bonchev–Trinajstić information content (AvgIpc) is 2.78. The van der Waals surface area contributed by atoms with E-state index >= 15 is 0 Å². The van der Waals surface area contributed by atoms with Crippen LogP contribution in [0.5, 0.6) is 0 Å². The second-order valence-electron chi connectivity index (χ2n) is 4.57. The van der Waals surface area contributed by atoms with E-state index in [9.17, 15) is 0 Å². The molecule has 0 saturated heterocycles. The van der Waals surface area contributed by atoms with Crippen LogP contribution in [0.25, 0.3) is 10.9 Å². The molecule has 20 heavy (non-hydrogen) atoms. The molecule has 0 unspecified atom stereocenters. The Morgan fingerprint density at radius 2 is 2.05 bits per heavy atom. The van der Waals surface area contributed by atoms with Crippen LogP contribution >= 0.6 is 27.5 Å². The minimum absolute atomic E-state index is 0.676. The smallest absolute Gasteiger partial charge is 0.0894 e.